The predicted octanol–water partition coefficient (Wildman–Crippen LogP) is 3.53. The summed E-state index contributed by atoms with van der Waals surface area (Å²) in [6, 6.07) is 5.80. The van der Waals surface area contributed by atoms with Crippen LogP contribution < -0.4 is 0 Å². The molecule has 1 N–H and O–H groups in total. The van der Waals surface area contributed by atoms with Crippen molar-refractivity contribution in [2.24, 2.45) is 0 Å². The Morgan fingerprint density at radius 1 is 1.53 bits per heavy atom. The topological polar surface area (TPSA) is 29.9 Å². The average Bonchev–Trinajstić information content (AvgIpc) is 2.89. The number of benzene rings is 1. The summed E-state index contributed by atoms with van der Waals surface area (Å²) in [4.78, 5) is 3.18. The first-order valence-corrected chi connectivity index (χ1v) is 6.53. The summed E-state index contributed by atoms with van der Waals surface area (Å²) in [7, 11) is 0. The zero-order chi connectivity index (χ0) is 11.8. The zero-order valence-corrected chi connectivity index (χ0v) is 10.9. The Bertz CT molecular complexity index is 598. The van der Waals surface area contributed by atoms with Crippen molar-refractivity contribution < 1.29 is 4.74 Å². The van der Waals surface area contributed by atoms with Gasteiger partial charge in [-0.2, -0.15) is 0 Å². The number of aromatic nitrogens is 2. The average molecular weight is 269 g/mol. The van der Waals surface area contributed by atoms with Crippen LogP contribution in [0.5, 0.6) is 0 Å². The zero-order valence-electron chi connectivity index (χ0n) is 9.28. The molecule has 1 atom stereocenters. The number of para-hydroxylation sites is 1. The highest BCUT2D eigenvalue weighted by molar-refractivity contribution is 7.71. The van der Waals surface area contributed by atoms with Gasteiger partial charge in [0.25, 0.3) is 0 Å². The molecule has 0 bridgehead atoms. The van der Waals surface area contributed by atoms with Crippen LogP contribution in [0.4, 0.5) is 0 Å². The molecule has 0 aliphatic carbocycles. The van der Waals surface area contributed by atoms with Crippen molar-refractivity contribution >= 4 is 34.9 Å². The molecule has 5 heteroatoms. The van der Waals surface area contributed by atoms with Crippen LogP contribution in [0.1, 0.15) is 12.8 Å². The Morgan fingerprint density at radius 3 is 3.18 bits per heavy atom. The molecular weight excluding hydrogens is 256 g/mol. The van der Waals surface area contributed by atoms with Crippen molar-refractivity contribution in [3.05, 3.63) is 28.0 Å². The Morgan fingerprint density at radius 2 is 2.41 bits per heavy atom. The summed E-state index contributed by atoms with van der Waals surface area (Å²) in [6.45, 7) is 1.64. The molecule has 2 aromatic rings. The van der Waals surface area contributed by atoms with E-state index in [4.69, 9.17) is 28.6 Å². The largest absolute Gasteiger partial charge is 0.376 e. The van der Waals surface area contributed by atoms with Gasteiger partial charge in [0.05, 0.1) is 28.7 Å². The third kappa shape index (κ3) is 2.01. The number of hydrogen-bond acceptors (Lipinski definition) is 2. The second-order valence-corrected chi connectivity index (χ2v) is 5.11. The molecule has 1 unspecified atom stereocenters. The summed E-state index contributed by atoms with van der Waals surface area (Å²) < 4.78 is 8.40. The van der Waals surface area contributed by atoms with Crippen LogP contribution in [0.2, 0.25) is 5.02 Å². The maximum atomic E-state index is 6.23. The molecular formula is C12H13ClN2OS. The molecule has 1 saturated heterocycles. The van der Waals surface area contributed by atoms with Gasteiger partial charge in [-0.3, -0.25) is 0 Å². The van der Waals surface area contributed by atoms with E-state index in [1.807, 2.05) is 22.8 Å². The van der Waals surface area contributed by atoms with Gasteiger partial charge in [0, 0.05) is 6.61 Å². The van der Waals surface area contributed by atoms with Crippen LogP contribution in [0.15, 0.2) is 18.2 Å². The number of fused-ring (bicyclic) bond motifs is 1. The lowest BCUT2D eigenvalue weighted by Crippen LogP contribution is -2.14. The minimum atomic E-state index is 0.261. The van der Waals surface area contributed by atoms with E-state index in [9.17, 15) is 0 Å². The van der Waals surface area contributed by atoms with Crippen LogP contribution in [-0.2, 0) is 11.3 Å². The molecule has 3 nitrogen and oxygen atoms in total. The number of rotatable bonds is 2. The minimum absolute atomic E-state index is 0.261. The highest BCUT2D eigenvalue weighted by Crippen LogP contribution is 2.25. The summed E-state index contributed by atoms with van der Waals surface area (Å²) >= 11 is 11.6. The van der Waals surface area contributed by atoms with Gasteiger partial charge in [-0.15, -0.1) is 0 Å². The first-order valence-electron chi connectivity index (χ1n) is 5.74. The van der Waals surface area contributed by atoms with Gasteiger partial charge in [-0.25, -0.2) is 0 Å². The second-order valence-electron chi connectivity index (χ2n) is 4.31. The summed E-state index contributed by atoms with van der Waals surface area (Å²) in [5.74, 6) is 0. The number of H-pyrrole nitrogens is 1. The Hall–Kier alpha value is -0.840. The third-order valence-electron chi connectivity index (χ3n) is 3.15. The fourth-order valence-electron chi connectivity index (χ4n) is 2.34. The van der Waals surface area contributed by atoms with E-state index >= 15 is 0 Å². The van der Waals surface area contributed by atoms with Gasteiger partial charge in [0.15, 0.2) is 4.77 Å². The van der Waals surface area contributed by atoms with Gasteiger partial charge in [0.1, 0.15) is 0 Å². The van der Waals surface area contributed by atoms with Crippen molar-refractivity contribution in [1.82, 2.24) is 9.55 Å². The quantitative estimate of drug-likeness (QED) is 0.845. The monoisotopic (exact) mass is 268 g/mol. The van der Waals surface area contributed by atoms with Crippen LogP contribution >= 0.6 is 23.8 Å². The van der Waals surface area contributed by atoms with E-state index in [0.717, 1.165) is 42.0 Å². The standard InChI is InChI=1S/C12H13ClN2OS/c13-9-4-1-5-10-11(9)15(12(17)14-10)7-8-3-2-6-16-8/h1,4-5,8H,2-3,6-7H2,(H,14,17). The van der Waals surface area contributed by atoms with Crippen LogP contribution in [0.25, 0.3) is 11.0 Å². The molecule has 17 heavy (non-hydrogen) atoms. The number of aromatic amines is 1. The minimum Gasteiger partial charge on any atom is -0.376 e. The third-order valence-corrected chi connectivity index (χ3v) is 3.78. The van der Waals surface area contributed by atoms with Crippen LogP contribution in [0.3, 0.4) is 0 Å². The first-order chi connectivity index (χ1) is 8.25. The molecule has 3 rings (SSSR count). The number of nitrogens with one attached hydrogen (secondary N) is 1. The predicted molar refractivity (Wildman–Crippen MR) is 71.1 cm³/mol. The van der Waals surface area contributed by atoms with Gasteiger partial charge in [-0.05, 0) is 37.2 Å². The fraction of sp³-hybridized carbons (Fsp3) is 0.417. The van der Waals surface area contributed by atoms with E-state index in [1.54, 1.807) is 0 Å². The van der Waals surface area contributed by atoms with Gasteiger partial charge < -0.3 is 14.3 Å². The highest BCUT2D eigenvalue weighted by atomic mass is 35.5. The fourth-order valence-corrected chi connectivity index (χ4v) is 2.89. The molecule has 1 fully saturated rings. The second kappa shape index (κ2) is 4.44. The smallest absolute Gasteiger partial charge is 0.178 e. The SMILES string of the molecule is S=c1[nH]c2cccc(Cl)c2n1CC1CCCO1. The van der Waals surface area contributed by atoms with Crippen molar-refractivity contribution in [3.63, 3.8) is 0 Å². The van der Waals surface area contributed by atoms with Gasteiger partial charge in [0.2, 0.25) is 0 Å². The van der Waals surface area contributed by atoms with Crippen LogP contribution in [0, 0.1) is 4.77 Å². The van der Waals surface area contributed by atoms with E-state index in [0.29, 0.717) is 4.77 Å². The highest BCUT2D eigenvalue weighted by Gasteiger charge is 2.18. The molecule has 0 radical (unpaired) electrons. The summed E-state index contributed by atoms with van der Waals surface area (Å²) in [5, 5.41) is 0.729. The summed E-state index contributed by atoms with van der Waals surface area (Å²) in [6.07, 6.45) is 2.49. The van der Waals surface area contributed by atoms with Gasteiger partial charge in [-0.1, -0.05) is 17.7 Å². The lowest BCUT2D eigenvalue weighted by molar-refractivity contribution is 0.0976. The van der Waals surface area contributed by atoms with E-state index in [1.165, 1.54) is 0 Å². The molecule has 90 valence electrons. The van der Waals surface area contributed by atoms with E-state index in [-0.39, 0.29) is 6.10 Å². The van der Waals surface area contributed by atoms with Crippen molar-refractivity contribution in [3.8, 4) is 0 Å². The van der Waals surface area contributed by atoms with E-state index < -0.39 is 0 Å². The molecule has 1 aliphatic rings. The number of ether oxygens (including phenoxy) is 1. The Labute approximate surface area is 109 Å². The lowest BCUT2D eigenvalue weighted by atomic mass is 10.2. The Kier molecular flexibility index (Phi) is 2.94. The van der Waals surface area contributed by atoms with Crippen molar-refractivity contribution in [1.29, 1.82) is 0 Å². The molecule has 0 amide bonds. The molecule has 1 aliphatic heterocycles. The lowest BCUT2D eigenvalue weighted by Gasteiger charge is -2.11. The van der Waals surface area contributed by atoms with Crippen LogP contribution in [-0.4, -0.2) is 22.3 Å². The number of nitrogens with zero attached hydrogens (tertiary/aromatic N) is 1. The molecule has 1 aromatic heterocycles. The molecule has 0 spiro atoms. The van der Waals surface area contributed by atoms with Crippen molar-refractivity contribution in [2.45, 2.75) is 25.5 Å². The first kappa shape index (κ1) is 11.3. The number of halogens is 1. The molecule has 1 aromatic carbocycles. The normalized spacial score (nSPS) is 20.2. The van der Waals surface area contributed by atoms with Gasteiger partial charge >= 0.3 is 0 Å². The Balaban J connectivity index is 2.08. The van der Waals surface area contributed by atoms with E-state index in [2.05, 4.69) is 4.98 Å². The molecule has 2 heterocycles. The summed E-state index contributed by atoms with van der Waals surface area (Å²) in [5.41, 5.74) is 1.97. The number of imidazole rings is 1. The maximum absolute atomic E-state index is 6.23. The molecule has 0 saturated carbocycles. The van der Waals surface area contributed by atoms with Crippen molar-refractivity contribution in [2.75, 3.05) is 6.61 Å². The maximum Gasteiger partial charge on any atom is 0.178 e. The number of hydrogen-bond donors (Lipinski definition) is 1.